The number of nitrogens with zero attached hydrogens (tertiary/aromatic N) is 1. The van der Waals surface area contributed by atoms with E-state index in [0.717, 1.165) is 16.2 Å². The summed E-state index contributed by atoms with van der Waals surface area (Å²) < 4.78 is 0.761. The van der Waals surface area contributed by atoms with Crippen molar-refractivity contribution >= 4 is 24.0 Å². The van der Waals surface area contributed by atoms with Gasteiger partial charge in [0.05, 0.1) is 5.75 Å². The summed E-state index contributed by atoms with van der Waals surface area (Å²) in [7, 11) is 0. The monoisotopic (exact) mass is 200 g/mol. The van der Waals surface area contributed by atoms with Crippen molar-refractivity contribution in [3.8, 4) is 0 Å². The van der Waals surface area contributed by atoms with Crippen LogP contribution in [0.1, 0.15) is 19.2 Å². The van der Waals surface area contributed by atoms with E-state index in [1.807, 2.05) is 11.8 Å². The molecule has 2 nitrogen and oxygen atoms in total. The molecule has 0 amide bonds. The molecule has 0 aliphatic rings. The smallest absolute Gasteiger partial charge is 0.117 e. The first-order chi connectivity index (χ1) is 5.83. The lowest BCUT2D eigenvalue weighted by atomic mass is 10.6. The topological polar surface area (TPSA) is 28.7 Å². The van der Waals surface area contributed by atoms with Crippen LogP contribution in [0.4, 0.5) is 0 Å². The van der Waals surface area contributed by atoms with Gasteiger partial charge in [0, 0.05) is 6.20 Å². The standard InChI is InChI=1S/C8H12N2S2/c1-2-5-12-6-7-9-4-3-8(11)10-7/h3-4H,2,5-6H2,1H3,(H,9,10,11). The average molecular weight is 200 g/mol. The van der Waals surface area contributed by atoms with E-state index in [1.54, 1.807) is 12.3 Å². The molecule has 0 aliphatic heterocycles. The van der Waals surface area contributed by atoms with E-state index in [1.165, 1.54) is 12.2 Å². The Morgan fingerprint density at radius 3 is 3.17 bits per heavy atom. The van der Waals surface area contributed by atoms with Crippen LogP contribution in [-0.2, 0) is 5.75 Å². The van der Waals surface area contributed by atoms with Crippen LogP contribution in [0.25, 0.3) is 0 Å². The molecular formula is C8H12N2S2. The van der Waals surface area contributed by atoms with Crippen molar-refractivity contribution in [3.63, 3.8) is 0 Å². The molecule has 12 heavy (non-hydrogen) atoms. The number of H-pyrrole nitrogens is 1. The van der Waals surface area contributed by atoms with Crippen molar-refractivity contribution < 1.29 is 0 Å². The zero-order valence-corrected chi connectivity index (χ0v) is 8.67. The first-order valence-corrected chi connectivity index (χ1v) is 5.51. The summed E-state index contributed by atoms with van der Waals surface area (Å²) in [6.07, 6.45) is 2.96. The molecule has 66 valence electrons. The fourth-order valence-electron chi connectivity index (χ4n) is 0.798. The first kappa shape index (κ1) is 9.74. The van der Waals surface area contributed by atoms with Crippen LogP contribution in [0.2, 0.25) is 0 Å². The zero-order valence-electron chi connectivity index (χ0n) is 7.04. The van der Waals surface area contributed by atoms with Gasteiger partial charge < -0.3 is 4.98 Å². The molecule has 4 heteroatoms. The molecule has 0 radical (unpaired) electrons. The van der Waals surface area contributed by atoms with Crippen molar-refractivity contribution in [1.82, 2.24) is 9.97 Å². The van der Waals surface area contributed by atoms with Crippen molar-refractivity contribution in [2.45, 2.75) is 19.1 Å². The minimum Gasteiger partial charge on any atom is -0.334 e. The molecular weight excluding hydrogens is 188 g/mol. The largest absolute Gasteiger partial charge is 0.334 e. The maximum absolute atomic E-state index is 4.97. The van der Waals surface area contributed by atoms with E-state index < -0.39 is 0 Å². The maximum atomic E-state index is 4.97. The minimum atomic E-state index is 0.761. The van der Waals surface area contributed by atoms with Gasteiger partial charge in [0.25, 0.3) is 0 Å². The molecule has 1 rings (SSSR count). The highest BCUT2D eigenvalue weighted by Crippen LogP contribution is 2.08. The van der Waals surface area contributed by atoms with Gasteiger partial charge in [0.15, 0.2) is 0 Å². The summed E-state index contributed by atoms with van der Waals surface area (Å²) in [6, 6.07) is 1.79. The highest BCUT2D eigenvalue weighted by molar-refractivity contribution is 7.98. The Bertz CT molecular complexity index is 282. The molecule has 0 saturated carbocycles. The predicted octanol–water partition coefficient (Wildman–Crippen LogP) is 2.78. The minimum absolute atomic E-state index is 0.761. The van der Waals surface area contributed by atoms with Crippen molar-refractivity contribution in [3.05, 3.63) is 22.7 Å². The van der Waals surface area contributed by atoms with Crippen LogP contribution in [0, 0.1) is 4.64 Å². The fraction of sp³-hybridized carbons (Fsp3) is 0.500. The Hall–Kier alpha value is -0.350. The average Bonchev–Trinajstić information content (AvgIpc) is 2.05. The SMILES string of the molecule is CCCSCc1nccc(=S)[nH]1. The van der Waals surface area contributed by atoms with Crippen molar-refractivity contribution in [1.29, 1.82) is 0 Å². The predicted molar refractivity (Wildman–Crippen MR) is 55.9 cm³/mol. The van der Waals surface area contributed by atoms with E-state index in [9.17, 15) is 0 Å². The first-order valence-electron chi connectivity index (χ1n) is 3.95. The second-order valence-corrected chi connectivity index (χ2v) is 3.98. The number of aromatic nitrogens is 2. The molecule has 0 fully saturated rings. The van der Waals surface area contributed by atoms with Crippen LogP contribution >= 0.6 is 24.0 Å². The van der Waals surface area contributed by atoms with Crippen LogP contribution in [0.5, 0.6) is 0 Å². The molecule has 1 heterocycles. The Kier molecular flexibility index (Phi) is 4.32. The highest BCUT2D eigenvalue weighted by Gasteiger charge is 1.92. The number of rotatable bonds is 4. The molecule has 1 N–H and O–H groups in total. The van der Waals surface area contributed by atoms with E-state index in [2.05, 4.69) is 16.9 Å². The van der Waals surface area contributed by atoms with Crippen LogP contribution in [0.3, 0.4) is 0 Å². The van der Waals surface area contributed by atoms with Crippen molar-refractivity contribution in [2.24, 2.45) is 0 Å². The Balaban J connectivity index is 2.47. The molecule has 0 unspecified atom stereocenters. The van der Waals surface area contributed by atoms with Gasteiger partial charge in [-0.15, -0.1) is 0 Å². The number of nitrogens with one attached hydrogen (secondary N) is 1. The van der Waals surface area contributed by atoms with Gasteiger partial charge >= 0.3 is 0 Å². The quantitative estimate of drug-likeness (QED) is 0.598. The number of hydrogen-bond acceptors (Lipinski definition) is 3. The lowest BCUT2D eigenvalue weighted by Crippen LogP contribution is -1.91. The third kappa shape index (κ3) is 3.36. The Morgan fingerprint density at radius 2 is 2.50 bits per heavy atom. The number of thioether (sulfide) groups is 1. The Labute approximate surface area is 81.8 Å². The van der Waals surface area contributed by atoms with E-state index in [4.69, 9.17) is 12.2 Å². The second-order valence-electron chi connectivity index (χ2n) is 2.43. The molecule has 0 atom stereocenters. The van der Waals surface area contributed by atoms with E-state index in [-0.39, 0.29) is 0 Å². The third-order valence-electron chi connectivity index (χ3n) is 1.31. The fourth-order valence-corrected chi connectivity index (χ4v) is 1.75. The highest BCUT2D eigenvalue weighted by atomic mass is 32.2. The molecule has 1 aromatic rings. The van der Waals surface area contributed by atoms with Gasteiger partial charge in [-0.3, -0.25) is 0 Å². The lowest BCUT2D eigenvalue weighted by Gasteiger charge is -1.98. The van der Waals surface area contributed by atoms with E-state index >= 15 is 0 Å². The van der Waals surface area contributed by atoms with Gasteiger partial charge in [0.1, 0.15) is 10.5 Å². The molecule has 1 aromatic heterocycles. The molecule has 0 bridgehead atoms. The van der Waals surface area contributed by atoms with Crippen molar-refractivity contribution in [2.75, 3.05) is 5.75 Å². The second kappa shape index (κ2) is 5.32. The molecule has 0 aromatic carbocycles. The maximum Gasteiger partial charge on any atom is 0.117 e. The number of hydrogen-bond donors (Lipinski definition) is 1. The molecule has 0 aliphatic carbocycles. The van der Waals surface area contributed by atoms with Crippen LogP contribution in [-0.4, -0.2) is 15.7 Å². The molecule has 0 saturated heterocycles. The van der Waals surface area contributed by atoms with Gasteiger partial charge in [0.2, 0.25) is 0 Å². The van der Waals surface area contributed by atoms with Crippen LogP contribution < -0.4 is 0 Å². The summed E-state index contributed by atoms with van der Waals surface area (Å²) in [6.45, 7) is 2.17. The lowest BCUT2D eigenvalue weighted by molar-refractivity contribution is 1.02. The summed E-state index contributed by atoms with van der Waals surface area (Å²) in [5.41, 5.74) is 0. The summed E-state index contributed by atoms with van der Waals surface area (Å²) >= 11 is 6.85. The van der Waals surface area contributed by atoms with Gasteiger partial charge in [-0.05, 0) is 18.2 Å². The third-order valence-corrected chi connectivity index (χ3v) is 2.72. The zero-order chi connectivity index (χ0) is 8.81. The summed E-state index contributed by atoms with van der Waals surface area (Å²) in [4.78, 5) is 7.22. The summed E-state index contributed by atoms with van der Waals surface area (Å²) in [5, 5.41) is 0. The summed E-state index contributed by atoms with van der Waals surface area (Å²) in [5.74, 6) is 3.08. The van der Waals surface area contributed by atoms with Gasteiger partial charge in [-0.2, -0.15) is 11.8 Å². The van der Waals surface area contributed by atoms with Crippen LogP contribution in [0.15, 0.2) is 12.3 Å². The normalized spacial score (nSPS) is 10.1. The van der Waals surface area contributed by atoms with Gasteiger partial charge in [-0.1, -0.05) is 19.1 Å². The van der Waals surface area contributed by atoms with E-state index in [0.29, 0.717) is 0 Å². The molecule has 0 spiro atoms. The number of aromatic amines is 1. The Morgan fingerprint density at radius 1 is 1.67 bits per heavy atom. The van der Waals surface area contributed by atoms with Gasteiger partial charge in [-0.25, -0.2) is 4.98 Å².